The molecular formula is C9H8BrN3O2. The Kier molecular flexibility index (Phi) is 2.27. The quantitative estimate of drug-likeness (QED) is 0.882. The highest BCUT2D eigenvalue weighted by atomic mass is 79.9. The Morgan fingerprint density at radius 3 is 2.73 bits per heavy atom. The zero-order valence-corrected chi connectivity index (χ0v) is 9.36. The van der Waals surface area contributed by atoms with E-state index in [9.17, 15) is 4.79 Å². The van der Waals surface area contributed by atoms with E-state index in [-0.39, 0.29) is 5.69 Å². The maximum atomic E-state index is 11.2. The summed E-state index contributed by atoms with van der Waals surface area (Å²) < 4.78 is 1.93. The number of carboxylic acid groups (broad SMARTS) is 1. The van der Waals surface area contributed by atoms with E-state index in [1.807, 2.05) is 6.07 Å². The average molecular weight is 270 g/mol. The fourth-order valence-corrected chi connectivity index (χ4v) is 2.06. The summed E-state index contributed by atoms with van der Waals surface area (Å²) in [6, 6.07) is 1.90. The summed E-state index contributed by atoms with van der Waals surface area (Å²) in [6.07, 6.45) is 3.58. The topological polar surface area (TPSA) is 78.9 Å². The van der Waals surface area contributed by atoms with E-state index in [0.29, 0.717) is 17.3 Å². The molecule has 2 rings (SSSR count). The third-order valence-electron chi connectivity index (χ3n) is 2.79. The van der Waals surface area contributed by atoms with Gasteiger partial charge in [-0.1, -0.05) is 0 Å². The van der Waals surface area contributed by atoms with Crippen LogP contribution in [0.25, 0.3) is 0 Å². The third kappa shape index (κ3) is 1.35. The number of halogens is 1. The highest BCUT2D eigenvalue weighted by molar-refractivity contribution is 9.10. The van der Waals surface area contributed by atoms with Crippen LogP contribution >= 0.6 is 15.9 Å². The summed E-state index contributed by atoms with van der Waals surface area (Å²) in [4.78, 5) is 11.2. The summed E-state index contributed by atoms with van der Waals surface area (Å²) in [5.74, 6) is -0.881. The summed E-state index contributed by atoms with van der Waals surface area (Å²) in [6.45, 7) is 0. The van der Waals surface area contributed by atoms with Gasteiger partial charge in [-0.2, -0.15) is 10.4 Å². The number of hydrogen-bond acceptors (Lipinski definition) is 3. The molecular weight excluding hydrogens is 262 g/mol. The summed E-state index contributed by atoms with van der Waals surface area (Å²) in [7, 11) is 0. The molecule has 0 amide bonds. The van der Waals surface area contributed by atoms with Crippen LogP contribution < -0.4 is 0 Å². The van der Waals surface area contributed by atoms with E-state index in [0.717, 1.165) is 6.42 Å². The molecule has 1 fully saturated rings. The zero-order valence-electron chi connectivity index (χ0n) is 7.77. The minimum absolute atomic E-state index is 0.225. The molecule has 1 aromatic heterocycles. The van der Waals surface area contributed by atoms with Crippen molar-refractivity contribution in [2.45, 2.75) is 24.8 Å². The molecule has 0 saturated heterocycles. The van der Waals surface area contributed by atoms with Crippen molar-refractivity contribution in [1.29, 1.82) is 5.26 Å². The van der Waals surface area contributed by atoms with Crippen molar-refractivity contribution >= 4 is 21.9 Å². The summed E-state index contributed by atoms with van der Waals surface area (Å²) in [5, 5.41) is 21.8. The van der Waals surface area contributed by atoms with Crippen molar-refractivity contribution in [1.82, 2.24) is 9.78 Å². The maximum absolute atomic E-state index is 11.2. The molecule has 0 radical (unpaired) electrons. The number of carbonyl (C=O) groups is 1. The van der Waals surface area contributed by atoms with Gasteiger partial charge in [-0.25, -0.2) is 4.79 Å². The number of carboxylic acids is 1. The Hall–Kier alpha value is -1.35. The minimum Gasteiger partial charge on any atom is -0.479 e. The highest BCUT2D eigenvalue weighted by Gasteiger charge is 2.47. The molecule has 0 spiro atoms. The van der Waals surface area contributed by atoms with Gasteiger partial charge >= 0.3 is 5.97 Å². The van der Waals surface area contributed by atoms with Crippen LogP contribution in [0.2, 0.25) is 0 Å². The summed E-state index contributed by atoms with van der Waals surface area (Å²) >= 11 is 3.17. The fourth-order valence-electron chi connectivity index (χ4n) is 1.70. The van der Waals surface area contributed by atoms with Crippen LogP contribution in [0.5, 0.6) is 0 Å². The SMILES string of the molecule is N#Cc1nn(C2(C(=O)O)CCC2)cc1Br. The first-order chi connectivity index (χ1) is 7.10. The lowest BCUT2D eigenvalue weighted by atomic mass is 9.77. The molecule has 6 heteroatoms. The average Bonchev–Trinajstić information content (AvgIpc) is 2.44. The predicted molar refractivity (Wildman–Crippen MR) is 54.1 cm³/mol. The largest absolute Gasteiger partial charge is 0.479 e. The Bertz CT molecular complexity index is 456. The van der Waals surface area contributed by atoms with Gasteiger partial charge in [-0.15, -0.1) is 0 Å². The van der Waals surface area contributed by atoms with E-state index < -0.39 is 11.5 Å². The fraction of sp³-hybridized carbons (Fsp3) is 0.444. The van der Waals surface area contributed by atoms with Crippen molar-refractivity contribution < 1.29 is 9.90 Å². The molecule has 0 aliphatic heterocycles. The van der Waals surface area contributed by atoms with Crippen LogP contribution in [-0.2, 0) is 10.3 Å². The van der Waals surface area contributed by atoms with Crippen molar-refractivity contribution in [2.24, 2.45) is 0 Å². The molecule has 1 aliphatic carbocycles. The van der Waals surface area contributed by atoms with Gasteiger partial charge < -0.3 is 5.11 Å². The Morgan fingerprint density at radius 2 is 2.40 bits per heavy atom. The van der Waals surface area contributed by atoms with Gasteiger partial charge in [0.15, 0.2) is 11.2 Å². The molecule has 15 heavy (non-hydrogen) atoms. The second-order valence-electron chi connectivity index (χ2n) is 3.57. The molecule has 0 aromatic carbocycles. The first-order valence-electron chi connectivity index (χ1n) is 4.49. The number of hydrogen-bond donors (Lipinski definition) is 1. The molecule has 1 N–H and O–H groups in total. The van der Waals surface area contributed by atoms with Gasteiger partial charge in [-0.3, -0.25) is 4.68 Å². The standard InChI is InChI=1S/C9H8BrN3O2/c10-6-5-13(12-7(6)4-11)9(8(14)15)2-1-3-9/h5H,1-3H2,(H,14,15). The lowest BCUT2D eigenvalue weighted by molar-refractivity contribution is -0.153. The van der Waals surface area contributed by atoms with Crippen molar-refractivity contribution in [3.63, 3.8) is 0 Å². The predicted octanol–water partition coefficient (Wildman–Crippen LogP) is 1.48. The zero-order chi connectivity index (χ0) is 11.1. The molecule has 1 heterocycles. The lowest BCUT2D eigenvalue weighted by Crippen LogP contribution is -2.48. The molecule has 0 unspecified atom stereocenters. The number of rotatable bonds is 2. The molecule has 5 nitrogen and oxygen atoms in total. The number of nitrogens with zero attached hydrogens (tertiary/aromatic N) is 3. The van der Waals surface area contributed by atoms with Crippen molar-refractivity contribution in [3.05, 3.63) is 16.4 Å². The third-order valence-corrected chi connectivity index (χ3v) is 3.37. The smallest absolute Gasteiger partial charge is 0.331 e. The van der Waals surface area contributed by atoms with Gasteiger partial charge in [0.1, 0.15) is 6.07 Å². The Labute approximate surface area is 94.4 Å². The van der Waals surface area contributed by atoms with E-state index >= 15 is 0 Å². The second kappa shape index (κ2) is 3.35. The van der Waals surface area contributed by atoms with Gasteiger partial charge in [-0.05, 0) is 35.2 Å². The first-order valence-corrected chi connectivity index (χ1v) is 5.28. The number of aromatic nitrogens is 2. The Morgan fingerprint density at radius 1 is 1.73 bits per heavy atom. The van der Waals surface area contributed by atoms with E-state index in [1.54, 1.807) is 6.20 Å². The number of aliphatic carboxylic acids is 1. The summed E-state index contributed by atoms with van der Waals surface area (Å²) in [5.41, 5.74) is -0.708. The van der Waals surface area contributed by atoms with E-state index in [4.69, 9.17) is 10.4 Å². The van der Waals surface area contributed by atoms with Crippen LogP contribution in [0, 0.1) is 11.3 Å². The highest BCUT2D eigenvalue weighted by Crippen LogP contribution is 2.39. The molecule has 1 aromatic rings. The van der Waals surface area contributed by atoms with Crippen LogP contribution in [-0.4, -0.2) is 20.9 Å². The lowest BCUT2D eigenvalue weighted by Gasteiger charge is -2.37. The molecule has 1 saturated carbocycles. The van der Waals surface area contributed by atoms with Crippen LogP contribution in [0.15, 0.2) is 10.7 Å². The van der Waals surface area contributed by atoms with Crippen molar-refractivity contribution in [2.75, 3.05) is 0 Å². The van der Waals surface area contributed by atoms with E-state index in [1.165, 1.54) is 4.68 Å². The normalized spacial score (nSPS) is 17.9. The van der Waals surface area contributed by atoms with Gasteiger partial charge in [0, 0.05) is 6.20 Å². The van der Waals surface area contributed by atoms with Gasteiger partial charge in [0.25, 0.3) is 0 Å². The number of nitriles is 1. The monoisotopic (exact) mass is 269 g/mol. The molecule has 1 aliphatic rings. The van der Waals surface area contributed by atoms with Gasteiger partial charge in [0.05, 0.1) is 4.47 Å². The molecule has 78 valence electrons. The van der Waals surface area contributed by atoms with Crippen LogP contribution in [0.3, 0.4) is 0 Å². The van der Waals surface area contributed by atoms with E-state index in [2.05, 4.69) is 21.0 Å². The minimum atomic E-state index is -0.933. The van der Waals surface area contributed by atoms with Crippen LogP contribution in [0.4, 0.5) is 0 Å². The molecule has 0 atom stereocenters. The molecule has 0 bridgehead atoms. The van der Waals surface area contributed by atoms with Crippen molar-refractivity contribution in [3.8, 4) is 6.07 Å². The maximum Gasteiger partial charge on any atom is 0.331 e. The van der Waals surface area contributed by atoms with Gasteiger partial charge in [0.2, 0.25) is 0 Å². The Balaban J connectivity index is 2.45. The van der Waals surface area contributed by atoms with Crippen LogP contribution in [0.1, 0.15) is 25.0 Å². The second-order valence-corrected chi connectivity index (χ2v) is 4.43. The first kappa shape index (κ1) is 10.2.